The van der Waals surface area contributed by atoms with Crippen molar-refractivity contribution in [1.82, 2.24) is 4.98 Å². The smallest absolute Gasteiger partial charge is 0.0700 e. The second-order valence-electron chi connectivity index (χ2n) is 5.60. The second-order valence-corrected chi connectivity index (χ2v) is 5.60. The number of rotatable bonds is 2. The molecule has 1 aromatic heterocycles. The number of hydrogen-bond acceptors (Lipinski definition) is 1. The molecule has 22 heavy (non-hydrogen) atoms. The van der Waals surface area contributed by atoms with Gasteiger partial charge in [-0.1, -0.05) is 66.7 Å². The van der Waals surface area contributed by atoms with Crippen LogP contribution < -0.4 is 0 Å². The highest BCUT2D eigenvalue weighted by Gasteiger charge is 2.22. The lowest BCUT2D eigenvalue weighted by Crippen LogP contribution is -1.94. The normalized spacial score (nSPS) is 13.0. The van der Waals surface area contributed by atoms with Crippen LogP contribution in [0.4, 0.5) is 0 Å². The molecule has 0 N–H and O–H groups in total. The summed E-state index contributed by atoms with van der Waals surface area (Å²) in [5.74, 6) is 0. The topological polar surface area (TPSA) is 12.9 Å². The molecule has 1 aliphatic carbocycles. The van der Waals surface area contributed by atoms with Gasteiger partial charge in [-0.05, 0) is 46.7 Å². The Morgan fingerprint density at radius 1 is 0.682 bits per heavy atom. The Kier molecular flexibility index (Phi) is 3.32. The first-order valence-electron chi connectivity index (χ1n) is 7.72. The number of aromatic nitrogens is 1. The molecule has 4 rings (SSSR count). The minimum absolute atomic E-state index is 1.06. The lowest BCUT2D eigenvalue weighted by Gasteiger charge is -2.13. The van der Waals surface area contributed by atoms with Crippen LogP contribution in [0.5, 0.6) is 0 Å². The minimum Gasteiger partial charge on any atom is -0.256 e. The van der Waals surface area contributed by atoms with Crippen LogP contribution in [0.1, 0.15) is 28.8 Å². The number of pyridine rings is 1. The fourth-order valence-corrected chi connectivity index (χ4v) is 3.26. The highest BCUT2D eigenvalue weighted by molar-refractivity contribution is 5.99. The maximum Gasteiger partial charge on any atom is 0.0700 e. The molecule has 2 aromatic carbocycles. The standard InChI is InChI=1S/C21H17N/c1-3-8-16(9-4-1)20(17-10-5-2-6-11-17)19-14-13-18-12-7-15-22-21(18)19/h1-12,15H,13-14H2. The van der Waals surface area contributed by atoms with Gasteiger partial charge in [-0.25, -0.2) is 0 Å². The van der Waals surface area contributed by atoms with Gasteiger partial charge in [0.1, 0.15) is 0 Å². The first kappa shape index (κ1) is 13.0. The van der Waals surface area contributed by atoms with E-state index in [4.69, 9.17) is 0 Å². The molecule has 1 heterocycles. The van der Waals surface area contributed by atoms with Crippen molar-refractivity contribution in [3.63, 3.8) is 0 Å². The van der Waals surface area contributed by atoms with Gasteiger partial charge >= 0.3 is 0 Å². The molecule has 1 heteroatoms. The van der Waals surface area contributed by atoms with Crippen molar-refractivity contribution in [2.45, 2.75) is 12.8 Å². The molecular formula is C21H17N. The average Bonchev–Trinajstić information content (AvgIpc) is 3.01. The highest BCUT2D eigenvalue weighted by atomic mass is 14.7. The molecule has 0 amide bonds. The molecule has 1 nitrogen and oxygen atoms in total. The minimum atomic E-state index is 1.06. The quantitative estimate of drug-likeness (QED) is 0.646. The maximum absolute atomic E-state index is 4.65. The summed E-state index contributed by atoms with van der Waals surface area (Å²) in [5, 5.41) is 0. The van der Waals surface area contributed by atoms with Crippen LogP contribution in [0.25, 0.3) is 11.1 Å². The predicted octanol–water partition coefficient (Wildman–Crippen LogP) is 4.99. The van der Waals surface area contributed by atoms with Crippen molar-refractivity contribution in [3.8, 4) is 0 Å². The van der Waals surface area contributed by atoms with E-state index in [1.54, 1.807) is 0 Å². The van der Waals surface area contributed by atoms with E-state index in [2.05, 4.69) is 71.7 Å². The van der Waals surface area contributed by atoms with Gasteiger partial charge in [-0.2, -0.15) is 0 Å². The predicted molar refractivity (Wildman–Crippen MR) is 91.4 cm³/mol. The van der Waals surface area contributed by atoms with Crippen LogP contribution in [0, 0.1) is 0 Å². The summed E-state index contributed by atoms with van der Waals surface area (Å²) in [6.45, 7) is 0. The van der Waals surface area contributed by atoms with E-state index in [1.165, 1.54) is 33.5 Å². The summed E-state index contributed by atoms with van der Waals surface area (Å²) in [5.41, 5.74) is 7.75. The van der Waals surface area contributed by atoms with E-state index in [-0.39, 0.29) is 0 Å². The van der Waals surface area contributed by atoms with E-state index in [0.717, 1.165) is 12.8 Å². The van der Waals surface area contributed by atoms with E-state index in [1.807, 2.05) is 12.3 Å². The monoisotopic (exact) mass is 283 g/mol. The van der Waals surface area contributed by atoms with Gasteiger partial charge in [0.05, 0.1) is 5.69 Å². The third-order valence-corrected chi connectivity index (χ3v) is 4.25. The van der Waals surface area contributed by atoms with Crippen LogP contribution >= 0.6 is 0 Å². The SMILES string of the molecule is c1ccc(C(=C2CCc3cccnc32)c2ccccc2)cc1. The van der Waals surface area contributed by atoms with E-state index < -0.39 is 0 Å². The van der Waals surface area contributed by atoms with Gasteiger partial charge in [0.15, 0.2) is 0 Å². The van der Waals surface area contributed by atoms with Crippen molar-refractivity contribution in [3.05, 3.63) is 101 Å². The Labute approximate surface area is 131 Å². The zero-order valence-corrected chi connectivity index (χ0v) is 12.4. The number of allylic oxidation sites excluding steroid dienone is 1. The number of hydrogen-bond donors (Lipinski definition) is 0. The molecule has 0 atom stereocenters. The van der Waals surface area contributed by atoms with E-state index in [0.29, 0.717) is 0 Å². The van der Waals surface area contributed by atoms with Crippen LogP contribution in [-0.4, -0.2) is 4.98 Å². The lowest BCUT2D eigenvalue weighted by atomic mass is 9.92. The van der Waals surface area contributed by atoms with Crippen LogP contribution in [0.3, 0.4) is 0 Å². The summed E-state index contributed by atoms with van der Waals surface area (Å²) in [6, 6.07) is 25.5. The third-order valence-electron chi connectivity index (χ3n) is 4.25. The molecule has 0 aliphatic heterocycles. The average molecular weight is 283 g/mol. The summed E-state index contributed by atoms with van der Waals surface area (Å²) in [4.78, 5) is 4.65. The van der Waals surface area contributed by atoms with Crippen molar-refractivity contribution >= 4 is 11.1 Å². The van der Waals surface area contributed by atoms with Crippen molar-refractivity contribution in [2.24, 2.45) is 0 Å². The molecule has 3 aromatic rings. The zero-order chi connectivity index (χ0) is 14.8. The second kappa shape index (κ2) is 5.61. The Morgan fingerprint density at radius 2 is 1.32 bits per heavy atom. The summed E-state index contributed by atoms with van der Waals surface area (Å²) >= 11 is 0. The molecule has 0 unspecified atom stereocenters. The first-order valence-corrected chi connectivity index (χ1v) is 7.72. The van der Waals surface area contributed by atoms with Gasteiger partial charge in [-0.15, -0.1) is 0 Å². The molecular weight excluding hydrogens is 266 g/mol. The van der Waals surface area contributed by atoms with E-state index in [9.17, 15) is 0 Å². The van der Waals surface area contributed by atoms with E-state index >= 15 is 0 Å². The number of nitrogens with zero attached hydrogens (tertiary/aromatic N) is 1. The largest absolute Gasteiger partial charge is 0.256 e. The van der Waals surface area contributed by atoms with Gasteiger partial charge in [0, 0.05) is 6.20 Å². The maximum atomic E-state index is 4.65. The van der Waals surface area contributed by atoms with Crippen molar-refractivity contribution < 1.29 is 0 Å². The fraction of sp³-hybridized carbons (Fsp3) is 0.0952. The van der Waals surface area contributed by atoms with Gasteiger partial charge < -0.3 is 0 Å². The molecule has 1 aliphatic rings. The first-order chi connectivity index (χ1) is 10.9. The van der Waals surface area contributed by atoms with Crippen LogP contribution in [0.2, 0.25) is 0 Å². The zero-order valence-electron chi connectivity index (χ0n) is 12.4. The number of benzene rings is 2. The number of fused-ring (bicyclic) bond motifs is 1. The molecule has 0 saturated carbocycles. The summed E-state index contributed by atoms with van der Waals surface area (Å²) < 4.78 is 0. The molecule has 0 radical (unpaired) electrons. The Hall–Kier alpha value is -2.67. The van der Waals surface area contributed by atoms with Gasteiger partial charge in [0.2, 0.25) is 0 Å². The van der Waals surface area contributed by atoms with Crippen LogP contribution in [0.15, 0.2) is 79.0 Å². The molecule has 0 fully saturated rings. The molecule has 0 bridgehead atoms. The lowest BCUT2D eigenvalue weighted by molar-refractivity contribution is 1.08. The third kappa shape index (κ3) is 2.25. The fourth-order valence-electron chi connectivity index (χ4n) is 3.26. The Balaban J connectivity index is 1.99. The van der Waals surface area contributed by atoms with Crippen LogP contribution in [-0.2, 0) is 6.42 Å². The summed E-state index contributed by atoms with van der Waals surface area (Å²) in [7, 11) is 0. The van der Waals surface area contributed by atoms with Crippen molar-refractivity contribution in [2.75, 3.05) is 0 Å². The number of aryl methyl sites for hydroxylation is 1. The Morgan fingerprint density at radius 3 is 1.95 bits per heavy atom. The molecule has 0 saturated heterocycles. The Bertz CT molecular complexity index is 775. The molecule has 0 spiro atoms. The van der Waals surface area contributed by atoms with Crippen molar-refractivity contribution in [1.29, 1.82) is 0 Å². The molecule has 106 valence electrons. The van der Waals surface area contributed by atoms with Gasteiger partial charge in [-0.3, -0.25) is 4.98 Å². The van der Waals surface area contributed by atoms with Gasteiger partial charge in [0.25, 0.3) is 0 Å². The summed E-state index contributed by atoms with van der Waals surface area (Å²) in [6.07, 6.45) is 4.05. The highest BCUT2D eigenvalue weighted by Crippen LogP contribution is 2.39.